The number of carbonyl (C=O) groups excluding carboxylic acids is 2. The quantitative estimate of drug-likeness (QED) is 0.0919. The summed E-state index contributed by atoms with van der Waals surface area (Å²) in [6, 6.07) is 10.4. The number of pyridine rings is 6. The van der Waals surface area contributed by atoms with Crippen LogP contribution in [0.2, 0.25) is 10.0 Å². The molecule has 2 saturated heterocycles. The largest absolute Gasteiger partial charge is 0.454 e. The minimum Gasteiger partial charge on any atom is -0.454 e. The molecule has 396 valence electrons. The standard InChI is InChI=1S/2C27H29ClN6O4/c2*1-16-10-21(26(36)33(2)15-16)31-27-32-25-24(34(27)3)23(28)22(14-30-25)38-20-7-8-29-17(12-20)11-18(35)13-19-6-4-5-9-37-19/h2*7-8,10,12,14-15,19H,4-6,9,11,13H2,1-3H3,(H,30,31,32). The van der Waals surface area contributed by atoms with E-state index in [4.69, 9.17) is 42.1 Å². The zero-order chi connectivity index (χ0) is 53.6. The topological polar surface area (TPSA) is 226 Å². The van der Waals surface area contributed by atoms with Crippen LogP contribution in [-0.4, -0.2) is 85.2 Å². The number of fused-ring (bicyclic) bond motifs is 2. The summed E-state index contributed by atoms with van der Waals surface area (Å²) in [6.07, 6.45) is 17.1. The fraction of sp³-hybridized carbons (Fsp3) is 0.370. The van der Waals surface area contributed by atoms with Crippen LogP contribution < -0.4 is 31.2 Å². The van der Waals surface area contributed by atoms with Gasteiger partial charge in [0.25, 0.3) is 11.1 Å². The molecule has 0 saturated carbocycles. The molecular formula is C54H58Cl2N12O8. The van der Waals surface area contributed by atoms with Crippen LogP contribution in [0.5, 0.6) is 23.0 Å². The zero-order valence-corrected chi connectivity index (χ0v) is 44.6. The number of ether oxygens (including phenoxy) is 4. The molecule has 0 amide bonds. The Morgan fingerprint density at radius 2 is 1.05 bits per heavy atom. The summed E-state index contributed by atoms with van der Waals surface area (Å²) >= 11 is 13.4. The Labute approximate surface area is 447 Å². The molecule has 0 spiro atoms. The normalized spacial score (nSPS) is 15.5. The second-order valence-corrected chi connectivity index (χ2v) is 19.9. The molecule has 0 aromatic carbocycles. The number of carbonyl (C=O) groups is 2. The minimum atomic E-state index is -0.177. The lowest BCUT2D eigenvalue weighted by Gasteiger charge is -2.21. The zero-order valence-electron chi connectivity index (χ0n) is 43.1. The van der Waals surface area contributed by atoms with Crippen LogP contribution >= 0.6 is 23.2 Å². The Morgan fingerprint density at radius 1 is 0.632 bits per heavy atom. The first-order valence-corrected chi connectivity index (χ1v) is 25.7. The van der Waals surface area contributed by atoms with E-state index in [9.17, 15) is 19.2 Å². The lowest BCUT2D eigenvalue weighted by atomic mass is 10.0. The van der Waals surface area contributed by atoms with E-state index >= 15 is 0 Å². The van der Waals surface area contributed by atoms with Crippen LogP contribution in [0.3, 0.4) is 0 Å². The fourth-order valence-corrected chi connectivity index (χ4v) is 9.85. The average Bonchev–Trinajstić information content (AvgIpc) is 3.89. The number of hydrogen-bond donors (Lipinski definition) is 2. The van der Waals surface area contributed by atoms with Gasteiger partial charge < -0.3 is 47.8 Å². The summed E-state index contributed by atoms with van der Waals surface area (Å²) in [5.74, 6) is 2.65. The molecule has 10 rings (SSSR count). The first kappa shape index (κ1) is 53.3. The van der Waals surface area contributed by atoms with Crippen molar-refractivity contribution in [1.29, 1.82) is 0 Å². The Morgan fingerprint density at radius 3 is 1.45 bits per heavy atom. The fourth-order valence-electron chi connectivity index (χ4n) is 9.25. The number of aromatic nitrogens is 10. The van der Waals surface area contributed by atoms with Gasteiger partial charge in [-0.05, 0) is 87.8 Å². The van der Waals surface area contributed by atoms with Gasteiger partial charge in [-0.25, -0.2) is 9.97 Å². The molecule has 20 nitrogen and oxygen atoms in total. The van der Waals surface area contributed by atoms with Gasteiger partial charge in [0, 0.05) is 104 Å². The third-order valence-corrected chi connectivity index (χ3v) is 13.7. The summed E-state index contributed by atoms with van der Waals surface area (Å²) in [5, 5.41) is 6.82. The first-order valence-electron chi connectivity index (χ1n) is 25.0. The maximum atomic E-state index is 12.6. The lowest BCUT2D eigenvalue weighted by Crippen LogP contribution is -2.23. The lowest BCUT2D eigenvalue weighted by molar-refractivity contribution is -0.123. The molecule has 0 radical (unpaired) electrons. The SMILES string of the molecule is Cc1cc(Nc2nc3ncc(Oc4ccnc(CC(=O)CC5CCCCO5)c4)c(Cl)c3n2C)c(=O)n(C)c1.Cc1cc(Nc2nc3ncc(Oc4ccnc(CC(=O)CC5CCCCO5)c4)c(Cl)c3n2C)c(=O)n(C)c1. The molecule has 2 fully saturated rings. The number of nitrogens with zero attached hydrogens (tertiary/aromatic N) is 10. The van der Waals surface area contributed by atoms with Crippen molar-refractivity contribution in [1.82, 2.24) is 48.2 Å². The van der Waals surface area contributed by atoms with Crippen molar-refractivity contribution < 1.29 is 28.5 Å². The molecule has 0 bridgehead atoms. The van der Waals surface area contributed by atoms with Crippen molar-refractivity contribution in [3.05, 3.63) is 127 Å². The summed E-state index contributed by atoms with van der Waals surface area (Å²) in [5.41, 5.74) is 5.43. The molecule has 2 unspecified atom stereocenters. The molecule has 2 aliphatic rings. The third kappa shape index (κ3) is 12.6. The molecule has 8 aromatic heterocycles. The Hall–Kier alpha value is -7.52. The Balaban J connectivity index is 0.000000186. The Bertz CT molecular complexity index is 3350. The highest BCUT2D eigenvalue weighted by Gasteiger charge is 2.23. The third-order valence-electron chi connectivity index (χ3n) is 13.0. The molecule has 0 aliphatic carbocycles. The van der Waals surface area contributed by atoms with Crippen molar-refractivity contribution in [3.8, 4) is 23.0 Å². The highest BCUT2D eigenvalue weighted by molar-refractivity contribution is 6.36. The van der Waals surface area contributed by atoms with E-state index in [2.05, 4.69) is 40.5 Å². The molecule has 8 aromatic rings. The molecule has 22 heteroatoms. The number of aryl methyl sites for hydroxylation is 6. The highest BCUT2D eigenvalue weighted by Crippen LogP contribution is 2.37. The number of anilines is 4. The number of ketones is 2. The van der Waals surface area contributed by atoms with Crippen LogP contribution in [0.25, 0.3) is 22.3 Å². The maximum absolute atomic E-state index is 12.6. The number of imidazole rings is 2. The van der Waals surface area contributed by atoms with E-state index in [0.29, 0.717) is 103 Å². The highest BCUT2D eigenvalue weighted by atomic mass is 35.5. The van der Waals surface area contributed by atoms with E-state index in [1.807, 2.05) is 13.8 Å². The molecule has 2 N–H and O–H groups in total. The second-order valence-electron chi connectivity index (χ2n) is 19.1. The van der Waals surface area contributed by atoms with E-state index in [-0.39, 0.29) is 47.7 Å². The summed E-state index contributed by atoms with van der Waals surface area (Å²) in [7, 11) is 6.95. The van der Waals surface area contributed by atoms with Gasteiger partial charge in [-0.3, -0.25) is 29.1 Å². The van der Waals surface area contributed by atoms with Gasteiger partial charge in [-0.2, -0.15) is 9.97 Å². The molecule has 2 atom stereocenters. The smallest absolute Gasteiger partial charge is 0.274 e. The van der Waals surface area contributed by atoms with Gasteiger partial charge in [-0.1, -0.05) is 23.2 Å². The van der Waals surface area contributed by atoms with Crippen molar-refractivity contribution in [2.24, 2.45) is 28.2 Å². The van der Waals surface area contributed by atoms with Crippen molar-refractivity contribution in [2.75, 3.05) is 23.8 Å². The van der Waals surface area contributed by atoms with Crippen LogP contribution in [0.15, 0.2) is 83.2 Å². The van der Waals surface area contributed by atoms with Crippen LogP contribution in [-0.2, 0) is 60.1 Å². The van der Waals surface area contributed by atoms with E-state index < -0.39 is 0 Å². The number of Topliss-reactive ketones (excluding diaryl/α,β-unsaturated/α-hetero) is 2. The summed E-state index contributed by atoms with van der Waals surface area (Å²) in [6.45, 7) is 5.26. The van der Waals surface area contributed by atoms with E-state index in [1.54, 1.807) is 98.5 Å². The van der Waals surface area contributed by atoms with Crippen LogP contribution in [0.1, 0.15) is 73.9 Å². The average molecular weight is 1070 g/mol. The summed E-state index contributed by atoms with van der Waals surface area (Å²) in [4.78, 5) is 76.7. The minimum absolute atomic E-state index is 0.000473. The molecular weight excluding hydrogens is 1020 g/mol. The maximum Gasteiger partial charge on any atom is 0.274 e. The van der Waals surface area contributed by atoms with Gasteiger partial charge in [0.15, 0.2) is 22.8 Å². The molecule has 76 heavy (non-hydrogen) atoms. The first-order chi connectivity index (χ1) is 36.6. The summed E-state index contributed by atoms with van der Waals surface area (Å²) < 4.78 is 29.9. The van der Waals surface area contributed by atoms with Crippen molar-refractivity contribution in [3.63, 3.8) is 0 Å². The van der Waals surface area contributed by atoms with Gasteiger partial charge in [0.2, 0.25) is 11.9 Å². The van der Waals surface area contributed by atoms with Gasteiger partial charge in [0.1, 0.15) is 55.5 Å². The predicted octanol–water partition coefficient (Wildman–Crippen LogP) is 9.26. The monoisotopic (exact) mass is 1070 g/mol. The Kier molecular flexibility index (Phi) is 16.5. The molecule has 2 aliphatic heterocycles. The van der Waals surface area contributed by atoms with Crippen molar-refractivity contribution >= 4 is 80.4 Å². The van der Waals surface area contributed by atoms with Crippen molar-refractivity contribution in [2.45, 2.75) is 90.3 Å². The van der Waals surface area contributed by atoms with E-state index in [1.165, 1.54) is 21.5 Å². The molecule has 10 heterocycles. The van der Waals surface area contributed by atoms with Crippen LogP contribution in [0.4, 0.5) is 23.3 Å². The number of hydrogen-bond acceptors (Lipinski definition) is 16. The van der Waals surface area contributed by atoms with Gasteiger partial charge in [0.05, 0.1) is 36.0 Å². The van der Waals surface area contributed by atoms with Crippen LogP contribution in [0, 0.1) is 13.8 Å². The number of rotatable bonds is 16. The van der Waals surface area contributed by atoms with E-state index in [0.717, 1.165) is 62.9 Å². The predicted molar refractivity (Wildman–Crippen MR) is 289 cm³/mol. The second kappa shape index (κ2) is 23.6. The van der Waals surface area contributed by atoms with Gasteiger partial charge >= 0.3 is 0 Å². The number of nitrogens with one attached hydrogen (secondary N) is 2. The van der Waals surface area contributed by atoms with Gasteiger partial charge in [-0.15, -0.1) is 0 Å². The number of halogens is 2.